The normalized spacial score (nSPS) is 35.6. The summed E-state index contributed by atoms with van der Waals surface area (Å²) in [5, 5.41) is 0. The van der Waals surface area contributed by atoms with Gasteiger partial charge in [0.05, 0.1) is 13.7 Å². The Kier molecular flexibility index (Phi) is 4.41. The molecule has 2 bridgehead atoms. The zero-order chi connectivity index (χ0) is 15.6. The number of allylic oxidation sites excluding steroid dienone is 2. The number of hydrogen-bond donors (Lipinski definition) is 2. The van der Waals surface area contributed by atoms with Crippen molar-refractivity contribution in [3.63, 3.8) is 0 Å². The number of benzene rings is 1. The lowest BCUT2D eigenvalue weighted by atomic mass is 9.93. The first-order valence-corrected chi connectivity index (χ1v) is 9.28. The first kappa shape index (κ1) is 15.2. The van der Waals surface area contributed by atoms with Gasteiger partial charge in [-0.05, 0) is 36.8 Å². The quantitative estimate of drug-likeness (QED) is 0.743. The van der Waals surface area contributed by atoms with Crippen LogP contribution in [0.4, 0.5) is 0 Å². The van der Waals surface area contributed by atoms with Crippen LogP contribution in [0, 0.1) is 17.8 Å². The molecule has 0 aromatic heterocycles. The molecule has 2 fully saturated rings. The maximum absolute atomic E-state index is 5.34. The molecule has 0 unspecified atom stereocenters. The molecular formula is C20H30N2O+2. The third-order valence-corrected chi connectivity index (χ3v) is 6.22. The molecule has 3 nitrogen and oxygen atoms in total. The molecule has 0 spiro atoms. The summed E-state index contributed by atoms with van der Waals surface area (Å²) >= 11 is 0. The van der Waals surface area contributed by atoms with Gasteiger partial charge in [-0.1, -0.05) is 24.3 Å². The number of methoxy groups -OCH3 is 1. The number of quaternary nitrogens is 2. The maximum Gasteiger partial charge on any atom is 0.127 e. The lowest BCUT2D eigenvalue weighted by Crippen LogP contribution is -3.27. The van der Waals surface area contributed by atoms with Crippen LogP contribution in [-0.2, 0) is 6.54 Å². The minimum Gasteiger partial charge on any atom is -0.497 e. The largest absolute Gasteiger partial charge is 0.497 e. The van der Waals surface area contributed by atoms with Crippen molar-refractivity contribution in [3.05, 3.63) is 42.0 Å². The third kappa shape index (κ3) is 3.46. The van der Waals surface area contributed by atoms with Crippen LogP contribution in [0.3, 0.4) is 0 Å². The van der Waals surface area contributed by atoms with E-state index >= 15 is 0 Å². The van der Waals surface area contributed by atoms with Gasteiger partial charge in [-0.25, -0.2) is 0 Å². The van der Waals surface area contributed by atoms with Gasteiger partial charge >= 0.3 is 0 Å². The summed E-state index contributed by atoms with van der Waals surface area (Å²) in [5.74, 6) is 3.79. The molecule has 3 atom stereocenters. The van der Waals surface area contributed by atoms with Crippen LogP contribution < -0.4 is 14.5 Å². The summed E-state index contributed by atoms with van der Waals surface area (Å²) in [6, 6.07) is 8.56. The topological polar surface area (TPSA) is 18.1 Å². The van der Waals surface area contributed by atoms with Crippen LogP contribution >= 0.6 is 0 Å². The van der Waals surface area contributed by atoms with Crippen LogP contribution in [0.5, 0.6) is 5.75 Å². The molecule has 2 N–H and O–H groups in total. The second-order valence-corrected chi connectivity index (χ2v) is 7.77. The van der Waals surface area contributed by atoms with Crippen molar-refractivity contribution in [1.29, 1.82) is 0 Å². The number of rotatable bonds is 5. The number of fused-ring (bicyclic) bond motifs is 2. The van der Waals surface area contributed by atoms with E-state index in [4.69, 9.17) is 4.74 Å². The first-order chi connectivity index (χ1) is 11.3. The smallest absolute Gasteiger partial charge is 0.127 e. The molecule has 0 amide bonds. The summed E-state index contributed by atoms with van der Waals surface area (Å²) < 4.78 is 5.34. The predicted molar refractivity (Wildman–Crippen MR) is 91.8 cm³/mol. The Morgan fingerprint density at radius 2 is 1.87 bits per heavy atom. The van der Waals surface area contributed by atoms with Gasteiger partial charge in [0.1, 0.15) is 38.5 Å². The molecule has 2 aliphatic carbocycles. The summed E-state index contributed by atoms with van der Waals surface area (Å²) in [5.41, 5.74) is 1.40. The summed E-state index contributed by atoms with van der Waals surface area (Å²) in [7, 11) is 1.75. The lowest BCUT2D eigenvalue weighted by molar-refractivity contribution is -1.02. The molecule has 1 aliphatic heterocycles. The highest BCUT2D eigenvalue weighted by atomic mass is 16.5. The molecule has 1 heterocycles. The maximum atomic E-state index is 5.34. The molecule has 124 valence electrons. The van der Waals surface area contributed by atoms with Crippen LogP contribution in [0.2, 0.25) is 0 Å². The van der Waals surface area contributed by atoms with Gasteiger partial charge in [0.25, 0.3) is 0 Å². The molecule has 1 aromatic rings. The summed E-state index contributed by atoms with van der Waals surface area (Å²) in [4.78, 5) is 3.58. The van der Waals surface area contributed by atoms with Crippen molar-refractivity contribution in [2.45, 2.75) is 19.4 Å². The standard InChI is InChI=1S/C20H28N2O/c1-23-20-4-2-3-17(13-20)14-21-7-9-22(10-8-21)15-19-12-16-5-6-18(19)11-16/h2-6,13,16,18-19H,7-12,14-15H2,1H3/p+2/t16-,18-,19-/m0/s1. The van der Waals surface area contributed by atoms with Crippen LogP contribution in [0.25, 0.3) is 0 Å². The highest BCUT2D eigenvalue weighted by Gasteiger charge is 2.38. The Labute approximate surface area is 139 Å². The van der Waals surface area contributed by atoms with E-state index in [1.165, 1.54) is 51.1 Å². The van der Waals surface area contributed by atoms with Crippen molar-refractivity contribution in [1.82, 2.24) is 0 Å². The van der Waals surface area contributed by atoms with Gasteiger partial charge in [-0.15, -0.1) is 0 Å². The number of nitrogens with one attached hydrogen (secondary N) is 2. The molecule has 4 rings (SSSR count). The second-order valence-electron chi connectivity index (χ2n) is 7.77. The second kappa shape index (κ2) is 6.66. The minimum atomic E-state index is 0.912. The van der Waals surface area contributed by atoms with Crippen molar-refractivity contribution in [2.24, 2.45) is 17.8 Å². The highest BCUT2D eigenvalue weighted by Crippen LogP contribution is 2.42. The van der Waals surface area contributed by atoms with Gasteiger partial charge < -0.3 is 14.5 Å². The fourth-order valence-corrected chi connectivity index (χ4v) is 4.91. The monoisotopic (exact) mass is 314 g/mol. The number of piperazine rings is 1. The molecule has 3 aliphatic rings. The van der Waals surface area contributed by atoms with E-state index < -0.39 is 0 Å². The third-order valence-electron chi connectivity index (χ3n) is 6.22. The lowest BCUT2D eigenvalue weighted by Gasteiger charge is -2.32. The van der Waals surface area contributed by atoms with Crippen LogP contribution in [-0.4, -0.2) is 39.8 Å². The Hall–Kier alpha value is -1.32. The average Bonchev–Trinajstić information content (AvgIpc) is 3.20. The molecule has 0 radical (unpaired) electrons. The van der Waals surface area contributed by atoms with E-state index in [-0.39, 0.29) is 0 Å². The van der Waals surface area contributed by atoms with E-state index in [1.807, 2.05) is 11.0 Å². The van der Waals surface area contributed by atoms with Crippen molar-refractivity contribution in [2.75, 3.05) is 39.8 Å². The average molecular weight is 314 g/mol. The Balaban J connectivity index is 1.25. The minimum absolute atomic E-state index is 0.912. The Morgan fingerprint density at radius 1 is 1.04 bits per heavy atom. The van der Waals surface area contributed by atoms with E-state index in [1.54, 1.807) is 12.0 Å². The molecule has 3 heteroatoms. The van der Waals surface area contributed by atoms with E-state index in [9.17, 15) is 0 Å². The fraction of sp³-hybridized carbons (Fsp3) is 0.600. The van der Waals surface area contributed by atoms with Crippen molar-refractivity contribution < 1.29 is 14.5 Å². The van der Waals surface area contributed by atoms with Gasteiger partial charge in [-0.3, -0.25) is 0 Å². The Bertz CT molecular complexity index is 563. The van der Waals surface area contributed by atoms with Gasteiger partial charge in [0, 0.05) is 11.5 Å². The van der Waals surface area contributed by atoms with Crippen LogP contribution in [0.15, 0.2) is 36.4 Å². The highest BCUT2D eigenvalue weighted by molar-refractivity contribution is 5.27. The molecule has 1 saturated carbocycles. The predicted octanol–water partition coefficient (Wildman–Crippen LogP) is 0.191. The molecule has 23 heavy (non-hydrogen) atoms. The van der Waals surface area contributed by atoms with Gasteiger partial charge in [-0.2, -0.15) is 0 Å². The summed E-state index contributed by atoms with van der Waals surface area (Å²) in [6.45, 7) is 7.86. The molecular weight excluding hydrogens is 284 g/mol. The molecule has 1 aromatic carbocycles. The van der Waals surface area contributed by atoms with E-state index in [0.717, 1.165) is 30.0 Å². The molecule has 1 saturated heterocycles. The Morgan fingerprint density at radius 3 is 2.57 bits per heavy atom. The summed E-state index contributed by atoms with van der Waals surface area (Å²) in [6.07, 6.45) is 7.88. The zero-order valence-corrected chi connectivity index (χ0v) is 14.3. The zero-order valence-electron chi connectivity index (χ0n) is 14.3. The van der Waals surface area contributed by atoms with Crippen LogP contribution in [0.1, 0.15) is 18.4 Å². The fourth-order valence-electron chi connectivity index (χ4n) is 4.91. The number of ether oxygens (including phenoxy) is 1. The SMILES string of the molecule is COc1cccc(C[NH+]2CC[NH+](C[C@@H]3C[C@H]4C=C[C@H]3C4)CC2)c1. The van der Waals surface area contributed by atoms with E-state index in [2.05, 4.69) is 30.4 Å². The van der Waals surface area contributed by atoms with Gasteiger partial charge in [0.2, 0.25) is 0 Å². The van der Waals surface area contributed by atoms with Crippen molar-refractivity contribution >= 4 is 0 Å². The van der Waals surface area contributed by atoms with E-state index in [0.29, 0.717) is 0 Å². The number of hydrogen-bond acceptors (Lipinski definition) is 1. The first-order valence-electron chi connectivity index (χ1n) is 9.28. The van der Waals surface area contributed by atoms with Gasteiger partial charge in [0.15, 0.2) is 0 Å². The van der Waals surface area contributed by atoms with Crippen molar-refractivity contribution in [3.8, 4) is 5.75 Å².